The first-order valence-electron chi connectivity index (χ1n) is 5.33. The lowest BCUT2D eigenvalue weighted by atomic mass is 10.2. The molecular weight excluding hydrogens is 243 g/mol. The van der Waals surface area contributed by atoms with E-state index in [0.717, 1.165) is 5.82 Å². The molecule has 0 fully saturated rings. The van der Waals surface area contributed by atoms with Gasteiger partial charge in [-0.25, -0.2) is 0 Å². The van der Waals surface area contributed by atoms with Crippen LogP contribution in [0.15, 0.2) is 11.9 Å². The Hall–Kier alpha value is 0.0669. The predicted molar refractivity (Wildman–Crippen MR) is 69.0 cm³/mol. The van der Waals surface area contributed by atoms with Gasteiger partial charge in [-0.2, -0.15) is 0 Å². The third kappa shape index (κ3) is 6.61. The molecule has 16 heavy (non-hydrogen) atoms. The summed E-state index contributed by atoms with van der Waals surface area (Å²) in [6.45, 7) is 11.3. The van der Waals surface area contributed by atoms with E-state index < -0.39 is 15.9 Å². The normalized spacial score (nSPS) is 14.7. The van der Waals surface area contributed by atoms with Gasteiger partial charge in [-0.3, -0.25) is 4.57 Å². The van der Waals surface area contributed by atoms with Crippen molar-refractivity contribution in [3.8, 4) is 0 Å². The van der Waals surface area contributed by atoms with Crippen LogP contribution in [0.5, 0.6) is 0 Å². The Morgan fingerprint density at radius 3 is 2.19 bits per heavy atom. The molecule has 6 heteroatoms. The largest absolute Gasteiger partial charge is 0.417 e. The van der Waals surface area contributed by atoms with Crippen molar-refractivity contribution in [2.45, 2.75) is 45.3 Å². The fourth-order valence-corrected chi connectivity index (χ4v) is 2.30. The molecule has 2 N–H and O–H groups in total. The molecule has 0 heterocycles. The van der Waals surface area contributed by atoms with Gasteiger partial charge >= 0.3 is 7.60 Å². The maximum Gasteiger partial charge on any atom is 0.348 e. The van der Waals surface area contributed by atoms with Gasteiger partial charge in [-0.1, -0.05) is 26.8 Å². The molecule has 0 aromatic heterocycles. The summed E-state index contributed by atoms with van der Waals surface area (Å²) in [5.74, 6) is 0.933. The molecule has 0 rings (SSSR count). The zero-order valence-corrected chi connectivity index (χ0v) is 12.6. The van der Waals surface area contributed by atoms with Crippen LogP contribution >= 0.6 is 7.60 Å². The van der Waals surface area contributed by atoms with Crippen LogP contribution in [0.25, 0.3) is 0 Å². The van der Waals surface area contributed by atoms with Crippen molar-refractivity contribution in [1.82, 2.24) is 0 Å². The minimum atomic E-state index is -4.00. The molecule has 0 aliphatic rings. The van der Waals surface area contributed by atoms with E-state index in [0.29, 0.717) is 13.0 Å². The Morgan fingerprint density at radius 1 is 1.31 bits per heavy atom. The van der Waals surface area contributed by atoms with E-state index in [4.69, 9.17) is 14.2 Å². The van der Waals surface area contributed by atoms with Crippen LogP contribution in [0, 0.1) is 0 Å². The molecule has 0 amide bonds. The van der Waals surface area contributed by atoms with Gasteiger partial charge in [0, 0.05) is 12.4 Å². The smallest absolute Gasteiger partial charge is 0.348 e. The lowest BCUT2D eigenvalue weighted by molar-refractivity contribution is 0.294. The van der Waals surface area contributed by atoms with Gasteiger partial charge in [-0.15, -0.1) is 0 Å². The van der Waals surface area contributed by atoms with Gasteiger partial charge in [0.1, 0.15) is 0 Å². The first-order valence-corrected chi connectivity index (χ1v) is 9.91. The topological polar surface area (TPSA) is 66.8 Å². The third-order valence-corrected chi connectivity index (χ3v) is 7.99. The molecule has 0 spiro atoms. The second-order valence-electron chi connectivity index (χ2n) is 5.37. The molecule has 0 saturated carbocycles. The average molecular weight is 266 g/mol. The summed E-state index contributed by atoms with van der Waals surface area (Å²) in [5.41, 5.74) is 0. The lowest BCUT2D eigenvalue weighted by Crippen LogP contribution is -2.40. The second-order valence-corrected chi connectivity index (χ2v) is 11.7. The molecule has 0 saturated heterocycles. The van der Waals surface area contributed by atoms with Gasteiger partial charge in [0.2, 0.25) is 0 Å². The summed E-state index contributed by atoms with van der Waals surface area (Å²) in [5, 5.41) is 0.167. The van der Waals surface area contributed by atoms with Crippen molar-refractivity contribution in [3.63, 3.8) is 0 Å². The van der Waals surface area contributed by atoms with Crippen LogP contribution < -0.4 is 0 Å². The second kappa shape index (κ2) is 5.60. The SMILES string of the molecule is CC(C)(C)[Si](C)(C)OCC/C=C\P(=O)(O)O. The maximum atomic E-state index is 10.5. The average Bonchev–Trinajstić information content (AvgIpc) is 1.98. The summed E-state index contributed by atoms with van der Waals surface area (Å²) in [4.78, 5) is 17.2. The summed E-state index contributed by atoms with van der Waals surface area (Å²) in [6.07, 6.45) is 2.02. The van der Waals surface area contributed by atoms with Gasteiger partial charge in [-0.05, 0) is 24.6 Å². The van der Waals surface area contributed by atoms with Crippen molar-refractivity contribution in [3.05, 3.63) is 11.9 Å². The van der Waals surface area contributed by atoms with Gasteiger partial charge in [0.15, 0.2) is 8.32 Å². The maximum absolute atomic E-state index is 10.5. The molecule has 0 atom stereocenters. The zero-order chi connectivity index (χ0) is 13.0. The van der Waals surface area contributed by atoms with Crippen LogP contribution in [0.2, 0.25) is 18.1 Å². The Bertz CT molecular complexity index is 288. The van der Waals surface area contributed by atoms with Crippen LogP contribution in [-0.2, 0) is 8.99 Å². The number of hydrogen-bond donors (Lipinski definition) is 2. The monoisotopic (exact) mass is 266 g/mol. The fourth-order valence-electron chi connectivity index (χ4n) is 0.810. The molecule has 4 nitrogen and oxygen atoms in total. The van der Waals surface area contributed by atoms with E-state index >= 15 is 0 Å². The summed E-state index contributed by atoms with van der Waals surface area (Å²) in [7, 11) is -5.73. The Morgan fingerprint density at radius 2 is 1.81 bits per heavy atom. The molecule has 0 aromatic rings. The lowest BCUT2D eigenvalue weighted by Gasteiger charge is -2.36. The molecule has 0 aromatic carbocycles. The molecule has 0 aliphatic heterocycles. The highest BCUT2D eigenvalue weighted by Crippen LogP contribution is 2.37. The van der Waals surface area contributed by atoms with Crippen molar-refractivity contribution >= 4 is 15.9 Å². The highest BCUT2D eigenvalue weighted by molar-refractivity contribution is 7.55. The van der Waals surface area contributed by atoms with Crippen LogP contribution in [0.1, 0.15) is 27.2 Å². The van der Waals surface area contributed by atoms with Gasteiger partial charge in [0.05, 0.1) is 0 Å². The summed E-state index contributed by atoms with van der Waals surface area (Å²) < 4.78 is 16.4. The van der Waals surface area contributed by atoms with Crippen molar-refractivity contribution in [2.24, 2.45) is 0 Å². The molecular formula is C10H23O4PSi. The molecule has 0 aliphatic carbocycles. The highest BCUT2D eigenvalue weighted by Gasteiger charge is 2.36. The van der Waals surface area contributed by atoms with E-state index in [2.05, 4.69) is 33.9 Å². The van der Waals surface area contributed by atoms with Gasteiger partial charge in [0.25, 0.3) is 0 Å². The van der Waals surface area contributed by atoms with Crippen LogP contribution in [0.4, 0.5) is 0 Å². The molecule has 0 radical (unpaired) electrons. The Balaban J connectivity index is 4.01. The van der Waals surface area contributed by atoms with Crippen LogP contribution in [0.3, 0.4) is 0 Å². The first kappa shape index (κ1) is 16.1. The van der Waals surface area contributed by atoms with E-state index in [1.165, 1.54) is 6.08 Å². The zero-order valence-electron chi connectivity index (χ0n) is 10.7. The number of hydrogen-bond acceptors (Lipinski definition) is 2. The molecule has 0 bridgehead atoms. The Labute approximate surface area is 99.0 Å². The fraction of sp³-hybridized carbons (Fsp3) is 0.800. The minimum absolute atomic E-state index is 0.167. The van der Waals surface area contributed by atoms with E-state index in [9.17, 15) is 4.57 Å². The summed E-state index contributed by atoms with van der Waals surface area (Å²) >= 11 is 0. The van der Waals surface area contributed by atoms with E-state index in [-0.39, 0.29) is 5.04 Å². The highest BCUT2D eigenvalue weighted by atomic mass is 31.2. The van der Waals surface area contributed by atoms with E-state index in [1.54, 1.807) is 0 Å². The predicted octanol–water partition coefficient (Wildman–Crippen LogP) is 3.09. The molecule has 96 valence electrons. The molecule has 0 unspecified atom stereocenters. The van der Waals surface area contributed by atoms with E-state index in [1.807, 2.05) is 0 Å². The first-order chi connectivity index (χ1) is 6.96. The van der Waals surface area contributed by atoms with Gasteiger partial charge < -0.3 is 14.2 Å². The third-order valence-electron chi connectivity index (χ3n) is 2.85. The quantitative estimate of drug-likeness (QED) is 0.456. The van der Waals surface area contributed by atoms with Crippen molar-refractivity contribution in [1.29, 1.82) is 0 Å². The van der Waals surface area contributed by atoms with Crippen molar-refractivity contribution in [2.75, 3.05) is 6.61 Å². The van der Waals surface area contributed by atoms with Crippen LogP contribution in [-0.4, -0.2) is 24.7 Å². The number of rotatable bonds is 5. The Kier molecular flexibility index (Phi) is 5.63. The standard InChI is InChI=1S/C10H23O4PSi/c1-10(2,3)16(4,5)14-8-6-7-9-15(11,12)13/h7,9H,6,8H2,1-5H3,(H2,11,12,13)/b9-7-. The van der Waals surface area contributed by atoms with Crippen molar-refractivity contribution < 1.29 is 18.8 Å². The minimum Gasteiger partial charge on any atom is -0.417 e. The summed E-state index contributed by atoms with van der Waals surface area (Å²) in [6, 6.07) is 0.